The van der Waals surface area contributed by atoms with E-state index in [-0.39, 0.29) is 5.78 Å². The van der Waals surface area contributed by atoms with Crippen LogP contribution in [0.25, 0.3) is 0 Å². The molecule has 2 aliphatic rings. The van der Waals surface area contributed by atoms with Crippen molar-refractivity contribution in [2.45, 2.75) is 37.4 Å². The Kier molecular flexibility index (Phi) is 4.51. The van der Waals surface area contributed by atoms with Crippen LogP contribution in [0.15, 0.2) is 18.2 Å². The molecule has 0 spiro atoms. The molecule has 3 nitrogen and oxygen atoms in total. The van der Waals surface area contributed by atoms with Crippen LogP contribution in [0, 0.1) is 0 Å². The number of benzene rings is 1. The second-order valence-electron chi connectivity index (χ2n) is 5.35. The quantitative estimate of drug-likeness (QED) is 0.793. The summed E-state index contributed by atoms with van der Waals surface area (Å²) < 4.78 is 11.2. The second-order valence-corrected chi connectivity index (χ2v) is 6.64. The van der Waals surface area contributed by atoms with Crippen molar-refractivity contribution in [2.24, 2.45) is 0 Å². The molecule has 3 rings (SSSR count). The SMILES string of the molecule is O=C(CSC1CCCC1)c1ccc2c(c1)OCCCO2. The molecule has 1 heterocycles. The number of Topliss-reactive ketones (excluding diaryl/α,β-unsaturated/α-hetero) is 1. The van der Waals surface area contributed by atoms with Crippen LogP contribution in [0.1, 0.15) is 42.5 Å². The van der Waals surface area contributed by atoms with Gasteiger partial charge in [0, 0.05) is 17.2 Å². The highest BCUT2D eigenvalue weighted by Crippen LogP contribution is 2.32. The fraction of sp³-hybridized carbons (Fsp3) is 0.562. The average molecular weight is 292 g/mol. The van der Waals surface area contributed by atoms with Crippen molar-refractivity contribution < 1.29 is 14.3 Å². The standard InChI is InChI=1S/C16H20O3S/c17-14(11-20-13-4-1-2-5-13)12-6-7-15-16(10-12)19-9-3-8-18-15/h6-7,10,13H,1-5,8-9,11H2. The molecule has 108 valence electrons. The van der Waals surface area contributed by atoms with Gasteiger partial charge in [-0.05, 0) is 31.0 Å². The van der Waals surface area contributed by atoms with Gasteiger partial charge in [-0.15, -0.1) is 0 Å². The molecular formula is C16H20O3S. The van der Waals surface area contributed by atoms with E-state index in [1.807, 2.05) is 18.2 Å². The first-order valence-electron chi connectivity index (χ1n) is 7.37. The van der Waals surface area contributed by atoms with Crippen LogP contribution in [0.2, 0.25) is 0 Å². The van der Waals surface area contributed by atoms with Crippen LogP contribution in [-0.4, -0.2) is 30.0 Å². The fourth-order valence-electron chi connectivity index (χ4n) is 2.67. The molecular weight excluding hydrogens is 272 g/mol. The van der Waals surface area contributed by atoms with Crippen molar-refractivity contribution in [3.63, 3.8) is 0 Å². The molecule has 1 aliphatic heterocycles. The lowest BCUT2D eigenvalue weighted by Crippen LogP contribution is -2.07. The molecule has 0 atom stereocenters. The van der Waals surface area contributed by atoms with Gasteiger partial charge in [0.05, 0.1) is 19.0 Å². The van der Waals surface area contributed by atoms with Gasteiger partial charge >= 0.3 is 0 Å². The fourth-order valence-corrected chi connectivity index (χ4v) is 3.89. The van der Waals surface area contributed by atoms with Crippen LogP contribution in [0.5, 0.6) is 11.5 Å². The third kappa shape index (κ3) is 3.29. The molecule has 4 heteroatoms. The number of ketones is 1. The van der Waals surface area contributed by atoms with Crippen molar-refractivity contribution in [3.8, 4) is 11.5 Å². The molecule has 0 N–H and O–H groups in total. The predicted octanol–water partition coefficient (Wildman–Crippen LogP) is 3.71. The molecule has 1 fully saturated rings. The van der Waals surface area contributed by atoms with E-state index in [1.165, 1.54) is 25.7 Å². The smallest absolute Gasteiger partial charge is 0.172 e. The zero-order valence-corrected chi connectivity index (χ0v) is 12.4. The maximum absolute atomic E-state index is 12.3. The molecule has 1 aromatic rings. The summed E-state index contributed by atoms with van der Waals surface area (Å²) in [5, 5.41) is 0.680. The van der Waals surface area contributed by atoms with Crippen LogP contribution in [-0.2, 0) is 0 Å². The summed E-state index contributed by atoms with van der Waals surface area (Å²) in [5.41, 5.74) is 0.736. The Bertz CT molecular complexity index is 481. The Balaban J connectivity index is 1.63. The third-order valence-corrected chi connectivity index (χ3v) is 5.19. The summed E-state index contributed by atoms with van der Waals surface area (Å²) in [7, 11) is 0. The lowest BCUT2D eigenvalue weighted by Gasteiger charge is -2.10. The Hall–Kier alpha value is -1.16. The first kappa shape index (κ1) is 13.8. The first-order chi connectivity index (χ1) is 9.83. The maximum Gasteiger partial charge on any atom is 0.172 e. The molecule has 0 unspecified atom stereocenters. The van der Waals surface area contributed by atoms with Gasteiger partial charge in [0.25, 0.3) is 0 Å². The molecule has 1 aliphatic carbocycles. The lowest BCUT2D eigenvalue weighted by molar-refractivity contribution is 0.102. The van der Waals surface area contributed by atoms with Gasteiger partial charge in [-0.2, -0.15) is 11.8 Å². The highest BCUT2D eigenvalue weighted by atomic mass is 32.2. The van der Waals surface area contributed by atoms with E-state index in [0.717, 1.165) is 17.7 Å². The van der Waals surface area contributed by atoms with E-state index < -0.39 is 0 Å². The summed E-state index contributed by atoms with van der Waals surface area (Å²) in [6.07, 6.45) is 6.04. The Labute approximate surface area is 124 Å². The molecule has 0 amide bonds. The van der Waals surface area contributed by atoms with Crippen molar-refractivity contribution in [2.75, 3.05) is 19.0 Å². The second kappa shape index (κ2) is 6.53. The van der Waals surface area contributed by atoms with Gasteiger partial charge in [-0.1, -0.05) is 12.8 Å². The van der Waals surface area contributed by atoms with Crippen LogP contribution in [0.4, 0.5) is 0 Å². The van der Waals surface area contributed by atoms with Gasteiger partial charge in [-0.25, -0.2) is 0 Å². The molecule has 20 heavy (non-hydrogen) atoms. The highest BCUT2D eigenvalue weighted by molar-refractivity contribution is 8.00. The first-order valence-corrected chi connectivity index (χ1v) is 8.42. The molecule has 0 aromatic heterocycles. The summed E-state index contributed by atoms with van der Waals surface area (Å²) in [4.78, 5) is 12.3. The van der Waals surface area contributed by atoms with E-state index in [1.54, 1.807) is 11.8 Å². The van der Waals surface area contributed by atoms with Crippen LogP contribution >= 0.6 is 11.8 Å². The zero-order chi connectivity index (χ0) is 13.8. The number of carbonyl (C=O) groups excluding carboxylic acids is 1. The Morgan fingerprint density at radius 2 is 1.85 bits per heavy atom. The van der Waals surface area contributed by atoms with Crippen molar-refractivity contribution in [1.29, 1.82) is 0 Å². The number of rotatable bonds is 4. The minimum absolute atomic E-state index is 0.192. The molecule has 1 saturated carbocycles. The van der Waals surface area contributed by atoms with Crippen molar-refractivity contribution in [3.05, 3.63) is 23.8 Å². The maximum atomic E-state index is 12.3. The van der Waals surface area contributed by atoms with Gasteiger partial charge in [0.1, 0.15) is 0 Å². The lowest BCUT2D eigenvalue weighted by atomic mass is 10.1. The zero-order valence-electron chi connectivity index (χ0n) is 11.6. The van der Waals surface area contributed by atoms with Crippen LogP contribution < -0.4 is 9.47 Å². The summed E-state index contributed by atoms with van der Waals surface area (Å²) in [5.74, 6) is 2.23. The number of carbonyl (C=O) groups is 1. The Morgan fingerprint density at radius 3 is 2.65 bits per heavy atom. The predicted molar refractivity (Wildman–Crippen MR) is 81.1 cm³/mol. The van der Waals surface area contributed by atoms with E-state index >= 15 is 0 Å². The number of hydrogen-bond acceptors (Lipinski definition) is 4. The van der Waals surface area contributed by atoms with Gasteiger partial charge in [0.2, 0.25) is 0 Å². The monoisotopic (exact) mass is 292 g/mol. The van der Waals surface area contributed by atoms with E-state index in [2.05, 4.69) is 0 Å². The molecule has 0 bridgehead atoms. The van der Waals surface area contributed by atoms with Gasteiger partial charge in [0.15, 0.2) is 17.3 Å². The Morgan fingerprint density at radius 1 is 1.10 bits per heavy atom. The average Bonchev–Trinajstić information content (AvgIpc) is 2.88. The van der Waals surface area contributed by atoms with Crippen molar-refractivity contribution in [1.82, 2.24) is 0 Å². The summed E-state index contributed by atoms with van der Waals surface area (Å²) in [6.45, 7) is 1.33. The van der Waals surface area contributed by atoms with E-state index in [9.17, 15) is 4.79 Å². The van der Waals surface area contributed by atoms with Gasteiger partial charge < -0.3 is 9.47 Å². The minimum Gasteiger partial charge on any atom is -0.490 e. The number of ether oxygens (including phenoxy) is 2. The molecule has 1 aromatic carbocycles. The largest absolute Gasteiger partial charge is 0.490 e. The number of thioether (sulfide) groups is 1. The summed E-state index contributed by atoms with van der Waals surface area (Å²) in [6, 6.07) is 5.54. The molecule has 0 radical (unpaired) electrons. The summed E-state index contributed by atoms with van der Waals surface area (Å²) >= 11 is 1.81. The normalized spacial score (nSPS) is 18.8. The van der Waals surface area contributed by atoms with E-state index in [4.69, 9.17) is 9.47 Å². The number of fused-ring (bicyclic) bond motifs is 1. The highest BCUT2D eigenvalue weighted by Gasteiger charge is 2.18. The van der Waals surface area contributed by atoms with Crippen LogP contribution in [0.3, 0.4) is 0 Å². The molecule has 0 saturated heterocycles. The topological polar surface area (TPSA) is 35.5 Å². The van der Waals surface area contributed by atoms with Gasteiger partial charge in [-0.3, -0.25) is 4.79 Å². The minimum atomic E-state index is 0.192. The van der Waals surface area contributed by atoms with E-state index in [0.29, 0.717) is 30.0 Å². The number of hydrogen-bond donors (Lipinski definition) is 0. The third-order valence-electron chi connectivity index (χ3n) is 3.82. The van der Waals surface area contributed by atoms with Crippen molar-refractivity contribution >= 4 is 17.5 Å².